The molecule has 0 saturated heterocycles. The zero-order valence-corrected chi connectivity index (χ0v) is 19.4. The number of hydrogen-bond acceptors (Lipinski definition) is 4. The summed E-state index contributed by atoms with van der Waals surface area (Å²) in [6.45, 7) is 0. The fourth-order valence-corrected chi connectivity index (χ4v) is 6.29. The van der Waals surface area contributed by atoms with E-state index in [0.29, 0.717) is 27.5 Å². The van der Waals surface area contributed by atoms with Gasteiger partial charge in [0.1, 0.15) is 9.77 Å². The fraction of sp³-hybridized carbons (Fsp3) is 0.0417. The lowest BCUT2D eigenvalue weighted by molar-refractivity contribution is 0.102. The Kier molecular flexibility index (Phi) is 6.32. The Bertz CT molecular complexity index is 1350. The van der Waals surface area contributed by atoms with Crippen LogP contribution in [0.15, 0.2) is 95.2 Å². The van der Waals surface area contributed by atoms with Gasteiger partial charge in [0.2, 0.25) is 0 Å². The number of para-hydroxylation sites is 1. The van der Waals surface area contributed by atoms with Gasteiger partial charge in [-0.3, -0.25) is 9.10 Å². The van der Waals surface area contributed by atoms with E-state index in [2.05, 4.69) is 5.32 Å². The molecule has 0 atom stereocenters. The monoisotopic (exact) mass is 482 g/mol. The van der Waals surface area contributed by atoms with E-state index in [1.807, 2.05) is 36.4 Å². The van der Waals surface area contributed by atoms with E-state index in [0.717, 1.165) is 11.3 Å². The minimum atomic E-state index is -4.05. The molecule has 4 aromatic rings. The summed E-state index contributed by atoms with van der Waals surface area (Å²) in [7, 11) is -2.56. The molecule has 1 heterocycles. The van der Waals surface area contributed by atoms with Gasteiger partial charge in [-0.05, 0) is 35.9 Å². The average molecular weight is 483 g/mol. The van der Waals surface area contributed by atoms with Crippen molar-refractivity contribution < 1.29 is 13.2 Å². The number of halogens is 1. The van der Waals surface area contributed by atoms with Crippen LogP contribution in [0, 0.1) is 0 Å². The molecule has 3 aromatic carbocycles. The van der Waals surface area contributed by atoms with Crippen molar-refractivity contribution in [3.05, 3.63) is 100 Å². The van der Waals surface area contributed by atoms with Crippen LogP contribution in [0.1, 0.15) is 9.67 Å². The van der Waals surface area contributed by atoms with E-state index in [9.17, 15) is 13.2 Å². The molecule has 0 radical (unpaired) electrons. The molecule has 0 saturated carbocycles. The van der Waals surface area contributed by atoms with Crippen molar-refractivity contribution in [2.24, 2.45) is 0 Å². The largest absolute Gasteiger partial charge is 0.321 e. The summed E-state index contributed by atoms with van der Waals surface area (Å²) in [5.74, 6) is -0.514. The van der Waals surface area contributed by atoms with Crippen LogP contribution in [-0.4, -0.2) is 21.4 Å². The van der Waals surface area contributed by atoms with Crippen LogP contribution >= 0.6 is 22.9 Å². The number of rotatable bonds is 6. The SMILES string of the molecule is CN(c1ccccc1)S(=O)(=O)c1c(-c2ccccc2)csc1C(=O)Nc1cccc(Cl)c1. The molecule has 0 aliphatic carbocycles. The first kappa shape index (κ1) is 22.1. The van der Waals surface area contributed by atoms with Crippen LogP contribution < -0.4 is 9.62 Å². The molecular formula is C24H19ClN2O3S2. The molecule has 162 valence electrons. The number of thiophene rings is 1. The molecule has 0 aliphatic heterocycles. The molecule has 0 unspecified atom stereocenters. The molecule has 1 amide bonds. The van der Waals surface area contributed by atoms with Gasteiger partial charge in [-0.2, -0.15) is 0 Å². The van der Waals surface area contributed by atoms with Gasteiger partial charge >= 0.3 is 0 Å². The van der Waals surface area contributed by atoms with E-state index in [4.69, 9.17) is 11.6 Å². The second-order valence-electron chi connectivity index (χ2n) is 6.95. The third-order valence-electron chi connectivity index (χ3n) is 4.86. The minimum Gasteiger partial charge on any atom is -0.321 e. The van der Waals surface area contributed by atoms with Gasteiger partial charge in [0.05, 0.1) is 5.69 Å². The highest BCUT2D eigenvalue weighted by Crippen LogP contribution is 2.38. The number of benzene rings is 3. The first-order valence-corrected chi connectivity index (χ1v) is 12.4. The van der Waals surface area contributed by atoms with Crippen molar-refractivity contribution in [3.63, 3.8) is 0 Å². The van der Waals surface area contributed by atoms with E-state index >= 15 is 0 Å². The molecule has 0 spiro atoms. The van der Waals surface area contributed by atoms with Crippen LogP contribution in [0.4, 0.5) is 11.4 Å². The number of nitrogens with one attached hydrogen (secondary N) is 1. The van der Waals surface area contributed by atoms with Crippen LogP contribution in [0.25, 0.3) is 11.1 Å². The molecular weight excluding hydrogens is 464 g/mol. The fourth-order valence-electron chi connectivity index (χ4n) is 3.24. The summed E-state index contributed by atoms with van der Waals surface area (Å²) in [6, 6.07) is 24.6. The summed E-state index contributed by atoms with van der Waals surface area (Å²) in [5, 5.41) is 4.93. The van der Waals surface area contributed by atoms with Crippen LogP contribution in [-0.2, 0) is 10.0 Å². The molecule has 8 heteroatoms. The Labute approximate surface area is 196 Å². The Hall–Kier alpha value is -3.13. The van der Waals surface area contributed by atoms with E-state index in [-0.39, 0.29) is 9.77 Å². The van der Waals surface area contributed by atoms with Gasteiger partial charge in [0, 0.05) is 28.7 Å². The normalized spacial score (nSPS) is 11.2. The standard InChI is InChI=1S/C24H19ClN2O3S2/c1-27(20-13-6-3-7-14-20)32(29,30)23-21(17-9-4-2-5-10-17)16-31-22(23)24(28)26-19-12-8-11-18(25)15-19/h2-16H,1H3,(H,26,28). The average Bonchev–Trinajstić information content (AvgIpc) is 3.26. The third-order valence-corrected chi connectivity index (χ3v) is 8.07. The highest BCUT2D eigenvalue weighted by molar-refractivity contribution is 7.93. The predicted octanol–water partition coefficient (Wildman–Crippen LogP) is 6.15. The van der Waals surface area contributed by atoms with Crippen molar-refractivity contribution in [2.75, 3.05) is 16.7 Å². The van der Waals surface area contributed by atoms with Crippen LogP contribution in [0.5, 0.6) is 0 Å². The molecule has 32 heavy (non-hydrogen) atoms. The van der Waals surface area contributed by atoms with Crippen molar-refractivity contribution in [1.29, 1.82) is 0 Å². The summed E-state index contributed by atoms with van der Waals surface area (Å²) in [4.78, 5) is 13.2. The Morgan fingerprint density at radius 2 is 1.59 bits per heavy atom. The van der Waals surface area contributed by atoms with Crippen molar-refractivity contribution in [1.82, 2.24) is 0 Å². The molecule has 0 fully saturated rings. The predicted molar refractivity (Wildman–Crippen MR) is 131 cm³/mol. The van der Waals surface area contributed by atoms with E-state index in [1.165, 1.54) is 11.4 Å². The third kappa shape index (κ3) is 4.41. The number of amides is 1. The number of anilines is 2. The molecule has 1 aromatic heterocycles. The zero-order chi connectivity index (χ0) is 22.7. The number of nitrogens with zero attached hydrogens (tertiary/aromatic N) is 1. The summed E-state index contributed by atoms with van der Waals surface area (Å²) in [5.41, 5.74) is 2.18. The van der Waals surface area contributed by atoms with Gasteiger partial charge in [-0.15, -0.1) is 11.3 Å². The molecule has 0 bridgehead atoms. The van der Waals surface area contributed by atoms with Crippen molar-refractivity contribution >= 4 is 50.2 Å². The second-order valence-corrected chi connectivity index (χ2v) is 10.2. The molecule has 5 nitrogen and oxygen atoms in total. The topological polar surface area (TPSA) is 66.5 Å². The number of carbonyl (C=O) groups is 1. The smallest absolute Gasteiger partial charge is 0.267 e. The zero-order valence-electron chi connectivity index (χ0n) is 17.0. The van der Waals surface area contributed by atoms with Gasteiger partial charge in [-0.25, -0.2) is 8.42 Å². The Morgan fingerprint density at radius 1 is 0.938 bits per heavy atom. The van der Waals surface area contributed by atoms with Gasteiger partial charge in [0.15, 0.2) is 0 Å². The maximum atomic E-state index is 13.8. The first-order chi connectivity index (χ1) is 15.4. The summed E-state index contributed by atoms with van der Waals surface area (Å²) >= 11 is 7.11. The molecule has 4 rings (SSSR count). The van der Waals surface area contributed by atoms with Gasteiger partial charge < -0.3 is 5.32 Å². The number of hydrogen-bond donors (Lipinski definition) is 1. The first-order valence-electron chi connectivity index (χ1n) is 9.66. The lowest BCUT2D eigenvalue weighted by Gasteiger charge is -2.21. The number of carbonyl (C=O) groups excluding carboxylic acids is 1. The van der Waals surface area contributed by atoms with Crippen LogP contribution in [0.2, 0.25) is 5.02 Å². The lowest BCUT2D eigenvalue weighted by atomic mass is 10.1. The van der Waals surface area contributed by atoms with Gasteiger partial charge in [0.25, 0.3) is 15.9 Å². The maximum Gasteiger partial charge on any atom is 0.267 e. The lowest BCUT2D eigenvalue weighted by Crippen LogP contribution is -2.28. The highest BCUT2D eigenvalue weighted by Gasteiger charge is 2.32. The molecule has 1 N–H and O–H groups in total. The Balaban J connectivity index is 1.83. The van der Waals surface area contributed by atoms with Gasteiger partial charge in [-0.1, -0.05) is 66.2 Å². The van der Waals surface area contributed by atoms with E-state index in [1.54, 1.807) is 53.9 Å². The molecule has 0 aliphatic rings. The summed E-state index contributed by atoms with van der Waals surface area (Å²) in [6.07, 6.45) is 0. The second kappa shape index (κ2) is 9.16. The minimum absolute atomic E-state index is 0.0282. The number of sulfonamides is 1. The quantitative estimate of drug-likeness (QED) is 0.358. The van der Waals surface area contributed by atoms with E-state index < -0.39 is 15.9 Å². The Morgan fingerprint density at radius 3 is 2.25 bits per heavy atom. The maximum absolute atomic E-state index is 13.8. The van der Waals surface area contributed by atoms with Crippen molar-refractivity contribution in [2.45, 2.75) is 4.90 Å². The summed E-state index contributed by atoms with van der Waals surface area (Å²) < 4.78 is 28.7. The van der Waals surface area contributed by atoms with Crippen LogP contribution in [0.3, 0.4) is 0 Å². The highest BCUT2D eigenvalue weighted by atomic mass is 35.5. The van der Waals surface area contributed by atoms with Crippen molar-refractivity contribution in [3.8, 4) is 11.1 Å².